The minimum absolute atomic E-state index is 0.232. The third-order valence-corrected chi connectivity index (χ3v) is 4.73. The molecule has 0 bridgehead atoms. The Balaban J connectivity index is 2.52. The van der Waals surface area contributed by atoms with Crippen molar-refractivity contribution in [1.29, 1.82) is 0 Å². The molecule has 94 valence electrons. The highest BCUT2D eigenvalue weighted by Crippen LogP contribution is 2.21. The summed E-state index contributed by atoms with van der Waals surface area (Å²) in [5.74, 6) is -0.232. The molecule has 2 aromatic rings. The van der Waals surface area contributed by atoms with Gasteiger partial charge in [-0.05, 0) is 35.4 Å². The molecule has 1 nitrogen and oxygen atoms in total. The molecule has 0 unspecified atom stereocenters. The molecular weight excluding hydrogens is 265 g/mol. The smallest absolute Gasteiger partial charge is 0.129 e. The van der Waals surface area contributed by atoms with Crippen molar-refractivity contribution in [2.75, 3.05) is 0 Å². The van der Waals surface area contributed by atoms with Crippen molar-refractivity contribution in [2.24, 2.45) is 0 Å². The second kappa shape index (κ2) is 4.82. The highest BCUT2D eigenvalue weighted by Gasteiger charge is 2.19. The van der Waals surface area contributed by atoms with Gasteiger partial charge in [-0.15, -0.1) is 0 Å². The van der Waals surface area contributed by atoms with Gasteiger partial charge in [0.2, 0.25) is 0 Å². The predicted octanol–water partition coefficient (Wildman–Crippen LogP) is 4.09. The number of benzene rings is 1. The molecule has 0 N–H and O–H groups in total. The number of pyridine rings is 1. The fourth-order valence-electron chi connectivity index (χ4n) is 1.69. The Morgan fingerprint density at radius 2 is 1.61 bits per heavy atom. The molecule has 0 aliphatic carbocycles. The number of aromatic nitrogens is 1. The number of hydrogen-bond donors (Lipinski definition) is 0. The summed E-state index contributed by atoms with van der Waals surface area (Å²) < 4.78 is 12.9. The van der Waals surface area contributed by atoms with E-state index < -0.39 is 8.07 Å². The predicted molar refractivity (Wildman–Crippen MR) is 77.6 cm³/mol. The molecule has 1 heterocycles. The number of nitrogens with zero attached hydrogens (tertiary/aromatic N) is 1. The fraction of sp³-hybridized carbons (Fsp3) is 0.214. The topological polar surface area (TPSA) is 12.9 Å². The van der Waals surface area contributed by atoms with Crippen LogP contribution in [-0.4, -0.2) is 13.1 Å². The average molecular weight is 280 g/mol. The monoisotopic (exact) mass is 279 g/mol. The van der Waals surface area contributed by atoms with Gasteiger partial charge in [-0.25, -0.2) is 9.37 Å². The van der Waals surface area contributed by atoms with Gasteiger partial charge in [0.1, 0.15) is 19.0 Å². The number of hydrogen-bond acceptors (Lipinski definition) is 1. The van der Waals surface area contributed by atoms with Gasteiger partial charge in [-0.2, -0.15) is 0 Å². The minimum atomic E-state index is -1.51. The summed E-state index contributed by atoms with van der Waals surface area (Å²) in [5.41, 5.74) is 1.95. The molecule has 0 spiro atoms. The molecule has 0 saturated carbocycles. The highest BCUT2D eigenvalue weighted by molar-refractivity contribution is 6.88. The van der Waals surface area contributed by atoms with E-state index in [1.165, 1.54) is 12.1 Å². The van der Waals surface area contributed by atoms with Gasteiger partial charge in [0.15, 0.2) is 0 Å². The van der Waals surface area contributed by atoms with Crippen LogP contribution in [0.4, 0.5) is 4.39 Å². The Labute approximate surface area is 113 Å². The van der Waals surface area contributed by atoms with E-state index in [2.05, 4.69) is 30.7 Å². The van der Waals surface area contributed by atoms with Gasteiger partial charge in [0.25, 0.3) is 0 Å². The number of rotatable bonds is 2. The molecule has 0 fully saturated rings. The van der Waals surface area contributed by atoms with E-state index in [1.807, 2.05) is 6.07 Å². The first-order valence-corrected chi connectivity index (χ1v) is 9.68. The van der Waals surface area contributed by atoms with Crippen molar-refractivity contribution < 1.29 is 4.39 Å². The Morgan fingerprint density at radius 3 is 2.17 bits per heavy atom. The summed E-state index contributed by atoms with van der Waals surface area (Å²) in [6.45, 7) is 6.67. The van der Waals surface area contributed by atoms with Crippen LogP contribution in [0, 0.1) is 5.82 Å². The normalized spacial score (nSPS) is 11.6. The van der Waals surface area contributed by atoms with Crippen molar-refractivity contribution in [1.82, 2.24) is 4.98 Å². The molecule has 0 radical (unpaired) electrons. The molecule has 0 amide bonds. The Hall–Kier alpha value is -1.19. The van der Waals surface area contributed by atoms with E-state index in [0.717, 1.165) is 16.4 Å². The van der Waals surface area contributed by atoms with E-state index in [-0.39, 0.29) is 5.82 Å². The van der Waals surface area contributed by atoms with Gasteiger partial charge in [-0.1, -0.05) is 43.4 Å². The van der Waals surface area contributed by atoms with Crippen LogP contribution in [0.15, 0.2) is 36.4 Å². The summed E-state index contributed by atoms with van der Waals surface area (Å²) in [6, 6.07) is 10.3. The standard InChI is InChI=1S/C14H15ClFNSi/c1-18(2,3)14-9-11(8-13(15)17-14)10-4-6-12(16)7-5-10/h4-9H,1-3H3. The van der Waals surface area contributed by atoms with Crippen molar-refractivity contribution in [3.8, 4) is 11.1 Å². The maximum Gasteiger partial charge on any atom is 0.129 e. The SMILES string of the molecule is C[Si](C)(C)c1cc(-c2ccc(F)cc2)cc(Cl)n1. The van der Waals surface area contributed by atoms with E-state index in [1.54, 1.807) is 12.1 Å². The van der Waals surface area contributed by atoms with Gasteiger partial charge in [-0.3, -0.25) is 0 Å². The first-order chi connectivity index (χ1) is 8.36. The lowest BCUT2D eigenvalue weighted by Crippen LogP contribution is -2.40. The lowest BCUT2D eigenvalue weighted by atomic mass is 10.1. The molecular formula is C14H15ClFNSi. The van der Waals surface area contributed by atoms with Crippen LogP contribution >= 0.6 is 11.6 Å². The minimum Gasteiger partial charge on any atom is -0.246 e. The Kier molecular flexibility index (Phi) is 3.55. The van der Waals surface area contributed by atoms with Crippen LogP contribution in [0.25, 0.3) is 11.1 Å². The van der Waals surface area contributed by atoms with Gasteiger partial charge >= 0.3 is 0 Å². The lowest BCUT2D eigenvalue weighted by Gasteiger charge is -2.16. The zero-order valence-electron chi connectivity index (χ0n) is 10.7. The molecule has 1 aromatic carbocycles. The molecule has 1 aromatic heterocycles. The quantitative estimate of drug-likeness (QED) is 0.596. The third-order valence-electron chi connectivity index (χ3n) is 2.74. The van der Waals surface area contributed by atoms with Gasteiger partial charge in [0.05, 0.1) is 0 Å². The van der Waals surface area contributed by atoms with Crippen LogP contribution in [-0.2, 0) is 0 Å². The van der Waals surface area contributed by atoms with Crippen LogP contribution in [0.5, 0.6) is 0 Å². The maximum absolute atomic E-state index is 12.9. The summed E-state index contributed by atoms with van der Waals surface area (Å²) in [4.78, 5) is 4.40. The molecule has 0 aliphatic heterocycles. The van der Waals surface area contributed by atoms with Crippen LogP contribution in [0.3, 0.4) is 0 Å². The molecule has 18 heavy (non-hydrogen) atoms. The van der Waals surface area contributed by atoms with E-state index in [9.17, 15) is 4.39 Å². The lowest BCUT2D eigenvalue weighted by molar-refractivity contribution is 0.628. The second-order valence-corrected chi connectivity index (χ2v) is 10.7. The van der Waals surface area contributed by atoms with E-state index >= 15 is 0 Å². The van der Waals surface area contributed by atoms with Crippen molar-refractivity contribution in [3.63, 3.8) is 0 Å². The molecule has 0 aliphatic rings. The van der Waals surface area contributed by atoms with Crippen LogP contribution < -0.4 is 5.32 Å². The summed E-state index contributed by atoms with van der Waals surface area (Å²) >= 11 is 6.07. The molecule has 2 rings (SSSR count). The van der Waals surface area contributed by atoms with Gasteiger partial charge in [0, 0.05) is 5.32 Å². The Morgan fingerprint density at radius 1 is 1.00 bits per heavy atom. The van der Waals surface area contributed by atoms with Crippen LogP contribution in [0.2, 0.25) is 24.8 Å². The molecule has 4 heteroatoms. The molecule has 0 saturated heterocycles. The first-order valence-electron chi connectivity index (χ1n) is 5.80. The highest BCUT2D eigenvalue weighted by atomic mass is 35.5. The van der Waals surface area contributed by atoms with E-state index in [4.69, 9.17) is 11.6 Å². The first kappa shape index (κ1) is 13.2. The average Bonchev–Trinajstić information content (AvgIpc) is 2.28. The van der Waals surface area contributed by atoms with Crippen LogP contribution in [0.1, 0.15) is 0 Å². The maximum atomic E-state index is 12.9. The summed E-state index contributed by atoms with van der Waals surface area (Å²) in [7, 11) is -1.51. The largest absolute Gasteiger partial charge is 0.246 e. The summed E-state index contributed by atoms with van der Waals surface area (Å²) in [6.07, 6.45) is 0. The number of halogens is 2. The fourth-order valence-corrected chi connectivity index (χ4v) is 3.01. The molecule has 0 atom stereocenters. The van der Waals surface area contributed by atoms with Crippen molar-refractivity contribution >= 4 is 25.0 Å². The van der Waals surface area contributed by atoms with Gasteiger partial charge < -0.3 is 0 Å². The Bertz CT molecular complexity index is 561. The zero-order chi connectivity index (χ0) is 13.3. The second-order valence-electron chi connectivity index (χ2n) is 5.32. The zero-order valence-corrected chi connectivity index (χ0v) is 12.4. The van der Waals surface area contributed by atoms with Crippen molar-refractivity contribution in [2.45, 2.75) is 19.6 Å². The summed E-state index contributed by atoms with van der Waals surface area (Å²) in [5, 5.41) is 1.56. The van der Waals surface area contributed by atoms with Crippen molar-refractivity contribution in [3.05, 3.63) is 47.4 Å². The van der Waals surface area contributed by atoms with E-state index in [0.29, 0.717) is 5.15 Å². The third kappa shape index (κ3) is 2.97.